The molecule has 146 valence electrons. The van der Waals surface area contributed by atoms with Gasteiger partial charge in [0.05, 0.1) is 6.10 Å². The van der Waals surface area contributed by atoms with Gasteiger partial charge in [0.1, 0.15) is 12.6 Å². The molecule has 4 rings (SSSR count). The summed E-state index contributed by atoms with van der Waals surface area (Å²) in [6.07, 6.45) is 0.397. The summed E-state index contributed by atoms with van der Waals surface area (Å²) < 4.78 is 5.42. The monoisotopic (exact) mass is 381 g/mol. The maximum absolute atomic E-state index is 12.3. The van der Waals surface area contributed by atoms with Crippen molar-refractivity contribution < 1.29 is 24.5 Å². The van der Waals surface area contributed by atoms with Crippen LogP contribution in [0.25, 0.3) is 11.1 Å². The van der Waals surface area contributed by atoms with Crippen LogP contribution < -0.4 is 5.32 Å². The van der Waals surface area contributed by atoms with Crippen molar-refractivity contribution in [2.75, 3.05) is 6.61 Å². The summed E-state index contributed by atoms with van der Waals surface area (Å²) in [6.45, 7) is 0.124. The van der Waals surface area contributed by atoms with E-state index in [0.717, 1.165) is 28.7 Å². The summed E-state index contributed by atoms with van der Waals surface area (Å²) in [5.74, 6) is -1.73. The van der Waals surface area contributed by atoms with E-state index >= 15 is 0 Å². The molecule has 0 bridgehead atoms. The predicted octanol–water partition coefficient (Wildman–Crippen LogP) is 3.14. The first kappa shape index (κ1) is 18.5. The maximum Gasteiger partial charge on any atom is 0.407 e. The quantitative estimate of drug-likeness (QED) is 0.739. The van der Waals surface area contributed by atoms with E-state index in [0.29, 0.717) is 12.8 Å². The highest BCUT2D eigenvalue weighted by Crippen LogP contribution is 2.44. The van der Waals surface area contributed by atoms with Crippen molar-refractivity contribution in [3.05, 3.63) is 59.7 Å². The van der Waals surface area contributed by atoms with E-state index in [1.807, 2.05) is 36.4 Å². The van der Waals surface area contributed by atoms with Crippen LogP contribution in [0.2, 0.25) is 0 Å². The molecule has 3 N–H and O–H groups in total. The van der Waals surface area contributed by atoms with Crippen LogP contribution in [0.15, 0.2) is 48.5 Å². The molecule has 1 amide bonds. The van der Waals surface area contributed by atoms with Crippen LogP contribution >= 0.6 is 0 Å². The van der Waals surface area contributed by atoms with Crippen LogP contribution in [0.1, 0.15) is 36.3 Å². The first-order chi connectivity index (χ1) is 13.6. The van der Waals surface area contributed by atoms with Gasteiger partial charge in [-0.15, -0.1) is 0 Å². The molecule has 3 unspecified atom stereocenters. The lowest BCUT2D eigenvalue weighted by Crippen LogP contribution is -2.48. The highest BCUT2D eigenvalue weighted by molar-refractivity contribution is 5.81. The summed E-state index contributed by atoms with van der Waals surface area (Å²) in [5.41, 5.74) is 4.45. The van der Waals surface area contributed by atoms with E-state index in [9.17, 15) is 19.8 Å². The number of ether oxygens (including phenoxy) is 1. The first-order valence-corrected chi connectivity index (χ1v) is 9.58. The molecule has 6 heteroatoms. The van der Waals surface area contributed by atoms with E-state index in [1.165, 1.54) is 0 Å². The van der Waals surface area contributed by atoms with Crippen molar-refractivity contribution in [1.29, 1.82) is 0 Å². The highest BCUT2D eigenvalue weighted by atomic mass is 16.5. The molecule has 3 atom stereocenters. The normalized spacial score (nSPS) is 21.6. The minimum absolute atomic E-state index is 0.0847. The average Bonchev–Trinajstić information content (AvgIpc) is 3.25. The highest BCUT2D eigenvalue weighted by Gasteiger charge is 2.38. The zero-order valence-electron chi connectivity index (χ0n) is 15.4. The molecular formula is C22H23NO5. The number of carboxylic acid groups (broad SMARTS) is 1. The molecule has 1 fully saturated rings. The Hall–Kier alpha value is -2.86. The van der Waals surface area contributed by atoms with Crippen molar-refractivity contribution in [1.82, 2.24) is 5.32 Å². The van der Waals surface area contributed by atoms with Gasteiger partial charge in [-0.2, -0.15) is 0 Å². The molecule has 0 radical (unpaired) electrons. The van der Waals surface area contributed by atoms with E-state index < -0.39 is 30.1 Å². The van der Waals surface area contributed by atoms with Gasteiger partial charge in [-0.25, -0.2) is 9.59 Å². The molecule has 28 heavy (non-hydrogen) atoms. The fourth-order valence-corrected chi connectivity index (χ4v) is 4.48. The standard InChI is InChI=1S/C22H23NO5/c24-19-11-5-10-17(19)20(21(25)26)23-22(27)28-12-18-15-8-3-1-6-13(15)14-7-2-4-9-16(14)18/h1-4,6-9,17-20,24H,5,10-12H2,(H,23,27)(H,25,26). The molecule has 2 aliphatic carbocycles. The Balaban J connectivity index is 1.45. The number of aliphatic carboxylic acids is 1. The number of aliphatic hydroxyl groups excluding tert-OH is 1. The van der Waals surface area contributed by atoms with Gasteiger partial charge in [-0.05, 0) is 35.1 Å². The number of carboxylic acids is 1. The molecule has 0 aliphatic heterocycles. The Bertz CT molecular complexity index is 851. The molecule has 6 nitrogen and oxygen atoms in total. The van der Waals surface area contributed by atoms with Crippen molar-refractivity contribution >= 4 is 12.1 Å². The van der Waals surface area contributed by atoms with Gasteiger partial charge in [-0.3, -0.25) is 0 Å². The number of carbonyl (C=O) groups is 2. The molecule has 1 saturated carbocycles. The Kier molecular flexibility index (Phi) is 5.05. The number of amides is 1. The number of hydrogen-bond donors (Lipinski definition) is 3. The SMILES string of the molecule is O=C(NC(C(=O)O)C1CCCC1O)OCC1c2ccccc2-c2ccccc21. The third-order valence-electron chi connectivity index (χ3n) is 5.84. The predicted molar refractivity (Wildman–Crippen MR) is 103 cm³/mol. The summed E-state index contributed by atoms with van der Waals surface area (Å²) in [4.78, 5) is 23.9. The Morgan fingerprint density at radius 2 is 1.64 bits per heavy atom. The Morgan fingerprint density at radius 3 is 2.18 bits per heavy atom. The smallest absolute Gasteiger partial charge is 0.407 e. The lowest BCUT2D eigenvalue weighted by molar-refractivity contribution is -0.141. The van der Waals surface area contributed by atoms with Crippen LogP contribution in [-0.4, -0.2) is 41.0 Å². The van der Waals surface area contributed by atoms with Gasteiger partial charge in [0.25, 0.3) is 0 Å². The van der Waals surface area contributed by atoms with Crippen molar-refractivity contribution in [3.63, 3.8) is 0 Å². The molecule has 2 aromatic carbocycles. The second kappa shape index (κ2) is 7.64. The topological polar surface area (TPSA) is 95.9 Å². The number of benzene rings is 2. The van der Waals surface area contributed by atoms with Gasteiger partial charge in [0, 0.05) is 11.8 Å². The number of carbonyl (C=O) groups excluding carboxylic acids is 1. The minimum atomic E-state index is -1.15. The second-order valence-corrected chi connectivity index (χ2v) is 7.45. The number of hydrogen-bond acceptors (Lipinski definition) is 4. The second-order valence-electron chi connectivity index (χ2n) is 7.45. The third-order valence-corrected chi connectivity index (χ3v) is 5.84. The van der Waals surface area contributed by atoms with E-state index in [-0.39, 0.29) is 12.5 Å². The number of alkyl carbamates (subject to hydrolysis) is 1. The number of rotatable bonds is 5. The van der Waals surface area contributed by atoms with Gasteiger partial charge >= 0.3 is 12.1 Å². The third kappa shape index (κ3) is 3.36. The fourth-order valence-electron chi connectivity index (χ4n) is 4.48. The average molecular weight is 381 g/mol. The molecule has 2 aliphatic rings. The van der Waals surface area contributed by atoms with Gasteiger partial charge in [0.15, 0.2) is 0 Å². The van der Waals surface area contributed by atoms with Gasteiger partial charge in [0.2, 0.25) is 0 Å². The summed E-state index contributed by atoms with van der Waals surface area (Å²) >= 11 is 0. The van der Waals surface area contributed by atoms with Crippen molar-refractivity contribution in [2.24, 2.45) is 5.92 Å². The lowest BCUT2D eigenvalue weighted by Gasteiger charge is -2.23. The minimum Gasteiger partial charge on any atom is -0.480 e. The van der Waals surface area contributed by atoms with Crippen LogP contribution in [0, 0.1) is 5.92 Å². The van der Waals surface area contributed by atoms with Crippen molar-refractivity contribution in [2.45, 2.75) is 37.3 Å². The molecule has 0 heterocycles. The molecule has 0 saturated heterocycles. The number of fused-ring (bicyclic) bond motifs is 3. The molecule has 2 aromatic rings. The largest absolute Gasteiger partial charge is 0.480 e. The first-order valence-electron chi connectivity index (χ1n) is 9.58. The zero-order chi connectivity index (χ0) is 19.7. The van der Waals surface area contributed by atoms with E-state index in [2.05, 4.69) is 17.4 Å². The van der Waals surface area contributed by atoms with Crippen LogP contribution in [0.5, 0.6) is 0 Å². The van der Waals surface area contributed by atoms with Crippen LogP contribution in [0.4, 0.5) is 4.79 Å². The number of nitrogens with one attached hydrogen (secondary N) is 1. The molecular weight excluding hydrogens is 358 g/mol. The van der Waals surface area contributed by atoms with Gasteiger partial charge in [-0.1, -0.05) is 55.0 Å². The van der Waals surface area contributed by atoms with Crippen LogP contribution in [0.3, 0.4) is 0 Å². The Morgan fingerprint density at radius 1 is 1.04 bits per heavy atom. The fraction of sp³-hybridized carbons (Fsp3) is 0.364. The van der Waals surface area contributed by atoms with Crippen molar-refractivity contribution in [3.8, 4) is 11.1 Å². The molecule has 0 aromatic heterocycles. The van der Waals surface area contributed by atoms with Crippen LogP contribution in [-0.2, 0) is 9.53 Å². The Labute approximate surface area is 163 Å². The molecule has 0 spiro atoms. The van der Waals surface area contributed by atoms with E-state index in [4.69, 9.17) is 4.74 Å². The number of aliphatic hydroxyl groups is 1. The lowest BCUT2D eigenvalue weighted by atomic mass is 9.96. The van der Waals surface area contributed by atoms with Gasteiger partial charge < -0.3 is 20.3 Å². The summed E-state index contributed by atoms with van der Waals surface area (Å²) in [6, 6.07) is 14.9. The zero-order valence-corrected chi connectivity index (χ0v) is 15.4. The maximum atomic E-state index is 12.3. The van der Waals surface area contributed by atoms with E-state index in [1.54, 1.807) is 0 Å². The summed E-state index contributed by atoms with van der Waals surface area (Å²) in [7, 11) is 0. The summed E-state index contributed by atoms with van der Waals surface area (Å²) in [5, 5.41) is 21.9.